The topological polar surface area (TPSA) is 139 Å². The monoisotopic (exact) mass is 308 g/mol. The van der Waals surface area contributed by atoms with E-state index in [4.69, 9.17) is 20.7 Å². The summed E-state index contributed by atoms with van der Waals surface area (Å²) < 4.78 is 4.95. The van der Waals surface area contributed by atoms with Gasteiger partial charge in [-0.2, -0.15) is 0 Å². The minimum absolute atomic E-state index is 0.193. The van der Waals surface area contributed by atoms with Crippen molar-refractivity contribution < 1.29 is 29.3 Å². The highest BCUT2D eigenvalue weighted by Crippen LogP contribution is 2.48. The molecule has 1 aliphatic carbocycles. The molecule has 0 aromatic heterocycles. The predicted octanol–water partition coefficient (Wildman–Crippen LogP) is 0.594. The van der Waals surface area contributed by atoms with Crippen LogP contribution >= 0.6 is 0 Å². The van der Waals surface area contributed by atoms with Crippen LogP contribution in [0, 0.1) is 17.8 Å². The molecule has 1 aromatic carbocycles. The molecule has 0 aliphatic heterocycles. The molecule has 0 spiro atoms. The van der Waals surface area contributed by atoms with Crippen molar-refractivity contribution in [1.82, 2.24) is 0 Å². The second kappa shape index (κ2) is 6.44. The maximum absolute atomic E-state index is 11.6. The highest BCUT2D eigenvalue weighted by atomic mass is 16.5. The number of amides is 1. The van der Waals surface area contributed by atoms with Gasteiger partial charge in [0.1, 0.15) is 6.04 Å². The first-order chi connectivity index (χ1) is 10.4. The standard InChI is InChI=1S/C14H16N2O6/c15-11(13(19)20)9-8(10(9)12(17)18)6-22-14(21)16-7-4-2-1-3-5-7/h1-5,8-11H,6,15H2,(H,16,21)(H,17,18)(H,19,20)/t8-,9+,10+,11?/m1/s1. The Morgan fingerprint density at radius 2 is 1.86 bits per heavy atom. The Balaban J connectivity index is 1.86. The van der Waals surface area contributed by atoms with Gasteiger partial charge < -0.3 is 20.7 Å². The van der Waals surface area contributed by atoms with Crippen molar-refractivity contribution in [3.8, 4) is 0 Å². The quantitative estimate of drug-likeness (QED) is 0.603. The zero-order chi connectivity index (χ0) is 16.3. The normalized spacial score (nSPS) is 24.1. The van der Waals surface area contributed by atoms with E-state index in [1.165, 1.54) is 0 Å². The first-order valence-electron chi connectivity index (χ1n) is 6.62. The van der Waals surface area contributed by atoms with Gasteiger partial charge in [-0.05, 0) is 12.1 Å². The van der Waals surface area contributed by atoms with Gasteiger partial charge in [-0.25, -0.2) is 4.79 Å². The molecule has 118 valence electrons. The van der Waals surface area contributed by atoms with Gasteiger partial charge in [0.2, 0.25) is 0 Å². The van der Waals surface area contributed by atoms with E-state index in [0.29, 0.717) is 5.69 Å². The van der Waals surface area contributed by atoms with Crippen LogP contribution in [0.5, 0.6) is 0 Å². The van der Waals surface area contributed by atoms with Crippen LogP contribution in [0.15, 0.2) is 30.3 Å². The lowest BCUT2D eigenvalue weighted by Gasteiger charge is -2.07. The molecule has 0 bridgehead atoms. The van der Waals surface area contributed by atoms with Crippen LogP contribution < -0.4 is 11.1 Å². The Hall–Kier alpha value is -2.61. The van der Waals surface area contributed by atoms with Gasteiger partial charge in [-0.15, -0.1) is 0 Å². The number of aliphatic carboxylic acids is 2. The van der Waals surface area contributed by atoms with E-state index in [9.17, 15) is 14.4 Å². The maximum atomic E-state index is 11.6. The highest BCUT2D eigenvalue weighted by Gasteiger charge is 2.60. The van der Waals surface area contributed by atoms with Crippen molar-refractivity contribution in [3.05, 3.63) is 30.3 Å². The van der Waals surface area contributed by atoms with Crippen LogP contribution in [0.4, 0.5) is 10.5 Å². The van der Waals surface area contributed by atoms with Gasteiger partial charge in [0.05, 0.1) is 12.5 Å². The predicted molar refractivity (Wildman–Crippen MR) is 75.1 cm³/mol. The number of carboxylic acids is 2. The van der Waals surface area contributed by atoms with Crippen molar-refractivity contribution >= 4 is 23.7 Å². The minimum Gasteiger partial charge on any atom is -0.481 e. The van der Waals surface area contributed by atoms with E-state index < -0.39 is 41.8 Å². The van der Waals surface area contributed by atoms with Crippen molar-refractivity contribution in [1.29, 1.82) is 0 Å². The molecule has 22 heavy (non-hydrogen) atoms. The van der Waals surface area contributed by atoms with Crippen LogP contribution in [-0.4, -0.2) is 40.9 Å². The summed E-state index contributed by atoms with van der Waals surface area (Å²) in [5, 5.41) is 20.3. The summed E-state index contributed by atoms with van der Waals surface area (Å²) >= 11 is 0. The van der Waals surface area contributed by atoms with Crippen molar-refractivity contribution in [3.63, 3.8) is 0 Å². The summed E-state index contributed by atoms with van der Waals surface area (Å²) in [5.74, 6) is -4.65. The molecule has 8 nitrogen and oxygen atoms in total. The summed E-state index contributed by atoms with van der Waals surface area (Å²) in [7, 11) is 0. The largest absolute Gasteiger partial charge is 0.481 e. The number of ether oxygens (including phenoxy) is 1. The number of carbonyl (C=O) groups is 3. The molecule has 1 saturated carbocycles. The number of para-hydroxylation sites is 1. The zero-order valence-electron chi connectivity index (χ0n) is 11.5. The molecule has 1 aromatic rings. The number of carboxylic acid groups (broad SMARTS) is 2. The van der Waals surface area contributed by atoms with E-state index in [-0.39, 0.29) is 6.61 Å². The second-order valence-electron chi connectivity index (χ2n) is 5.06. The molecule has 1 unspecified atom stereocenters. The maximum Gasteiger partial charge on any atom is 0.411 e. The number of rotatable bonds is 6. The summed E-state index contributed by atoms with van der Waals surface area (Å²) in [6.45, 7) is -0.193. The third kappa shape index (κ3) is 3.53. The van der Waals surface area contributed by atoms with E-state index in [2.05, 4.69) is 5.32 Å². The first kappa shape index (κ1) is 15.8. The Morgan fingerprint density at radius 1 is 1.23 bits per heavy atom. The Bertz CT molecular complexity index is 576. The lowest BCUT2D eigenvalue weighted by atomic mass is 10.1. The zero-order valence-corrected chi connectivity index (χ0v) is 11.5. The first-order valence-corrected chi connectivity index (χ1v) is 6.62. The van der Waals surface area contributed by atoms with Gasteiger partial charge in [-0.1, -0.05) is 18.2 Å². The smallest absolute Gasteiger partial charge is 0.411 e. The van der Waals surface area contributed by atoms with Crippen molar-refractivity contribution in [2.24, 2.45) is 23.5 Å². The SMILES string of the molecule is NC(C(=O)O)[C@H]1[C@@H](COC(=O)Nc2ccccc2)[C@@H]1C(=O)O. The molecule has 2 rings (SSSR count). The lowest BCUT2D eigenvalue weighted by molar-refractivity contribution is -0.140. The molecular weight excluding hydrogens is 292 g/mol. The van der Waals surface area contributed by atoms with Gasteiger partial charge in [0.25, 0.3) is 0 Å². The van der Waals surface area contributed by atoms with Gasteiger partial charge in [0.15, 0.2) is 0 Å². The molecule has 1 fully saturated rings. The van der Waals surface area contributed by atoms with Gasteiger partial charge >= 0.3 is 18.0 Å². The molecule has 4 atom stereocenters. The Kier molecular flexibility index (Phi) is 4.62. The number of hydrogen-bond donors (Lipinski definition) is 4. The van der Waals surface area contributed by atoms with Gasteiger partial charge in [0, 0.05) is 17.5 Å². The highest BCUT2D eigenvalue weighted by molar-refractivity contribution is 5.84. The average molecular weight is 308 g/mol. The summed E-state index contributed by atoms with van der Waals surface area (Å²) in [5.41, 5.74) is 5.99. The minimum atomic E-state index is -1.29. The molecule has 1 amide bonds. The average Bonchev–Trinajstić information content (AvgIpc) is 3.19. The van der Waals surface area contributed by atoms with Crippen molar-refractivity contribution in [2.45, 2.75) is 6.04 Å². The van der Waals surface area contributed by atoms with Crippen LogP contribution in [0.3, 0.4) is 0 Å². The van der Waals surface area contributed by atoms with E-state index in [1.807, 2.05) is 0 Å². The van der Waals surface area contributed by atoms with E-state index >= 15 is 0 Å². The lowest BCUT2D eigenvalue weighted by Crippen LogP contribution is -2.34. The Labute approximate surface area is 125 Å². The van der Waals surface area contributed by atoms with Crippen molar-refractivity contribution in [2.75, 3.05) is 11.9 Å². The van der Waals surface area contributed by atoms with Crippen LogP contribution in [0.2, 0.25) is 0 Å². The van der Waals surface area contributed by atoms with Crippen LogP contribution in [0.25, 0.3) is 0 Å². The molecular formula is C14H16N2O6. The van der Waals surface area contributed by atoms with Crippen LogP contribution in [-0.2, 0) is 14.3 Å². The Morgan fingerprint density at radius 3 is 2.41 bits per heavy atom. The molecule has 0 saturated heterocycles. The number of carbonyl (C=O) groups excluding carboxylic acids is 1. The molecule has 0 heterocycles. The second-order valence-corrected chi connectivity index (χ2v) is 5.06. The summed E-state index contributed by atoms with van der Waals surface area (Å²) in [4.78, 5) is 33.5. The molecule has 5 N–H and O–H groups in total. The third-order valence-electron chi connectivity index (χ3n) is 3.64. The number of nitrogens with one attached hydrogen (secondary N) is 1. The summed E-state index contributed by atoms with van der Waals surface area (Å²) in [6, 6.07) is 7.31. The number of anilines is 1. The fourth-order valence-corrected chi connectivity index (χ4v) is 2.46. The fraction of sp³-hybridized carbons (Fsp3) is 0.357. The van der Waals surface area contributed by atoms with Crippen LogP contribution in [0.1, 0.15) is 0 Å². The molecule has 1 aliphatic rings. The van der Waals surface area contributed by atoms with E-state index in [1.54, 1.807) is 30.3 Å². The number of nitrogens with two attached hydrogens (primary N) is 1. The third-order valence-corrected chi connectivity index (χ3v) is 3.64. The molecule has 0 radical (unpaired) electrons. The number of benzene rings is 1. The fourth-order valence-electron chi connectivity index (χ4n) is 2.46. The number of hydrogen-bond acceptors (Lipinski definition) is 5. The van der Waals surface area contributed by atoms with Gasteiger partial charge in [-0.3, -0.25) is 14.9 Å². The van der Waals surface area contributed by atoms with E-state index in [0.717, 1.165) is 0 Å². The summed E-state index contributed by atoms with van der Waals surface area (Å²) in [6.07, 6.45) is -0.732. The molecule has 8 heteroatoms.